The van der Waals surface area contributed by atoms with Gasteiger partial charge in [-0.25, -0.2) is 4.39 Å². The largest absolute Gasteiger partial charge is 0.335 e. The number of nitrogens with zero attached hydrogens (tertiary/aromatic N) is 2. The smallest absolute Gasteiger partial charge is 0.242 e. The molecule has 1 unspecified atom stereocenters. The Kier molecular flexibility index (Phi) is 5.49. The van der Waals surface area contributed by atoms with Crippen molar-refractivity contribution in [3.8, 4) is 0 Å². The van der Waals surface area contributed by atoms with Gasteiger partial charge in [0.25, 0.3) is 0 Å². The molecule has 2 amide bonds. The molecule has 0 aliphatic carbocycles. The average Bonchev–Trinajstić information content (AvgIpc) is 2.49. The van der Waals surface area contributed by atoms with Gasteiger partial charge in [0.2, 0.25) is 11.8 Å². The predicted molar refractivity (Wildman–Crippen MR) is 81.3 cm³/mol. The lowest BCUT2D eigenvalue weighted by atomic mass is 10.1. The Morgan fingerprint density at radius 2 is 2.18 bits per heavy atom. The van der Waals surface area contributed by atoms with Gasteiger partial charge in [-0.3, -0.25) is 9.59 Å². The molecule has 1 aromatic carbocycles. The molecule has 1 aliphatic heterocycles. The van der Waals surface area contributed by atoms with Gasteiger partial charge in [0, 0.05) is 19.6 Å². The standard InChI is InChI=1S/C16H22FN3O2/c1-2-4-14(18)16(22)20-8-7-19(15(21)11-20)10-12-5-3-6-13(17)9-12/h3,5-6,9,14H,2,4,7-8,10-11,18H2,1H3. The Morgan fingerprint density at radius 3 is 2.82 bits per heavy atom. The summed E-state index contributed by atoms with van der Waals surface area (Å²) in [7, 11) is 0. The molecule has 1 heterocycles. The molecule has 0 aromatic heterocycles. The van der Waals surface area contributed by atoms with Gasteiger partial charge in [-0.15, -0.1) is 0 Å². The average molecular weight is 307 g/mol. The lowest BCUT2D eigenvalue weighted by Crippen LogP contribution is -2.55. The van der Waals surface area contributed by atoms with E-state index >= 15 is 0 Å². The number of nitrogens with two attached hydrogens (primary N) is 1. The zero-order valence-corrected chi connectivity index (χ0v) is 12.8. The number of amides is 2. The van der Waals surface area contributed by atoms with Gasteiger partial charge >= 0.3 is 0 Å². The molecule has 22 heavy (non-hydrogen) atoms. The van der Waals surface area contributed by atoms with Crippen LogP contribution < -0.4 is 5.73 Å². The van der Waals surface area contributed by atoms with Gasteiger partial charge in [-0.2, -0.15) is 0 Å². The van der Waals surface area contributed by atoms with Gasteiger partial charge in [0.1, 0.15) is 5.82 Å². The van der Waals surface area contributed by atoms with Crippen LogP contribution in [0.4, 0.5) is 4.39 Å². The first kappa shape index (κ1) is 16.4. The van der Waals surface area contributed by atoms with Crippen molar-refractivity contribution in [2.45, 2.75) is 32.4 Å². The first-order valence-electron chi connectivity index (χ1n) is 7.58. The van der Waals surface area contributed by atoms with Gasteiger partial charge < -0.3 is 15.5 Å². The van der Waals surface area contributed by atoms with Crippen molar-refractivity contribution in [2.24, 2.45) is 5.73 Å². The molecule has 0 bridgehead atoms. The molecule has 0 saturated carbocycles. The molecule has 120 valence electrons. The molecule has 1 aliphatic rings. The minimum Gasteiger partial charge on any atom is -0.335 e. The fourth-order valence-corrected chi connectivity index (χ4v) is 2.59. The van der Waals surface area contributed by atoms with Crippen LogP contribution in [0.15, 0.2) is 24.3 Å². The number of piperazine rings is 1. The van der Waals surface area contributed by atoms with E-state index in [1.807, 2.05) is 6.92 Å². The maximum atomic E-state index is 13.2. The van der Waals surface area contributed by atoms with Crippen LogP contribution in [0.1, 0.15) is 25.3 Å². The molecular weight excluding hydrogens is 285 g/mol. The number of benzene rings is 1. The zero-order chi connectivity index (χ0) is 16.1. The quantitative estimate of drug-likeness (QED) is 0.886. The number of halogens is 1. The molecule has 1 saturated heterocycles. The Balaban J connectivity index is 1.93. The Hall–Kier alpha value is -1.95. The molecule has 0 radical (unpaired) electrons. The molecular formula is C16H22FN3O2. The summed E-state index contributed by atoms with van der Waals surface area (Å²) in [5, 5.41) is 0. The number of hydrogen-bond acceptors (Lipinski definition) is 3. The van der Waals surface area contributed by atoms with Crippen molar-refractivity contribution in [1.29, 1.82) is 0 Å². The summed E-state index contributed by atoms with van der Waals surface area (Å²) in [6.07, 6.45) is 1.46. The van der Waals surface area contributed by atoms with Gasteiger partial charge in [0.15, 0.2) is 0 Å². The van der Waals surface area contributed by atoms with Gasteiger partial charge in [0.05, 0.1) is 12.6 Å². The normalized spacial score (nSPS) is 16.8. The van der Waals surface area contributed by atoms with E-state index in [0.29, 0.717) is 26.1 Å². The third-order valence-electron chi connectivity index (χ3n) is 3.81. The van der Waals surface area contributed by atoms with E-state index in [1.54, 1.807) is 17.0 Å². The Morgan fingerprint density at radius 1 is 1.41 bits per heavy atom. The van der Waals surface area contributed by atoms with E-state index in [4.69, 9.17) is 5.73 Å². The van der Waals surface area contributed by atoms with Crippen LogP contribution in [0.2, 0.25) is 0 Å². The van der Waals surface area contributed by atoms with Crippen LogP contribution in [-0.2, 0) is 16.1 Å². The second kappa shape index (κ2) is 7.35. The summed E-state index contributed by atoms with van der Waals surface area (Å²) >= 11 is 0. The third kappa shape index (κ3) is 4.04. The monoisotopic (exact) mass is 307 g/mol. The highest BCUT2D eigenvalue weighted by Gasteiger charge is 2.29. The fourth-order valence-electron chi connectivity index (χ4n) is 2.59. The maximum absolute atomic E-state index is 13.2. The van der Waals surface area contributed by atoms with E-state index < -0.39 is 6.04 Å². The number of carbonyl (C=O) groups excluding carboxylic acids is 2. The molecule has 6 heteroatoms. The molecule has 2 N–H and O–H groups in total. The van der Waals surface area contributed by atoms with E-state index in [2.05, 4.69) is 0 Å². The van der Waals surface area contributed by atoms with Gasteiger partial charge in [-0.05, 0) is 24.1 Å². The lowest BCUT2D eigenvalue weighted by molar-refractivity contribution is -0.146. The Bertz CT molecular complexity index is 550. The minimum atomic E-state index is -0.535. The van der Waals surface area contributed by atoms with Crippen LogP contribution in [0.3, 0.4) is 0 Å². The zero-order valence-electron chi connectivity index (χ0n) is 12.8. The first-order chi connectivity index (χ1) is 10.5. The SMILES string of the molecule is CCCC(N)C(=O)N1CCN(Cc2cccc(F)c2)C(=O)C1. The molecule has 1 fully saturated rings. The van der Waals surface area contributed by atoms with Crippen LogP contribution in [0.25, 0.3) is 0 Å². The van der Waals surface area contributed by atoms with E-state index in [9.17, 15) is 14.0 Å². The fraction of sp³-hybridized carbons (Fsp3) is 0.500. The predicted octanol–water partition coefficient (Wildman–Crippen LogP) is 1.12. The Labute approximate surface area is 129 Å². The summed E-state index contributed by atoms with van der Waals surface area (Å²) in [6, 6.07) is 5.66. The molecule has 1 aromatic rings. The molecule has 2 rings (SSSR count). The number of rotatable bonds is 5. The highest BCUT2D eigenvalue weighted by atomic mass is 19.1. The van der Waals surface area contributed by atoms with Crippen molar-refractivity contribution in [1.82, 2.24) is 9.80 Å². The summed E-state index contributed by atoms with van der Waals surface area (Å²) in [4.78, 5) is 27.5. The number of carbonyl (C=O) groups is 2. The van der Waals surface area contributed by atoms with Crippen molar-refractivity contribution >= 4 is 11.8 Å². The minimum absolute atomic E-state index is 0.0472. The van der Waals surface area contributed by atoms with Crippen molar-refractivity contribution in [3.63, 3.8) is 0 Å². The summed E-state index contributed by atoms with van der Waals surface area (Å²) < 4.78 is 13.2. The van der Waals surface area contributed by atoms with E-state index in [0.717, 1.165) is 12.0 Å². The van der Waals surface area contributed by atoms with Crippen molar-refractivity contribution in [3.05, 3.63) is 35.6 Å². The van der Waals surface area contributed by atoms with E-state index in [1.165, 1.54) is 17.0 Å². The highest BCUT2D eigenvalue weighted by Crippen LogP contribution is 2.12. The molecule has 5 nitrogen and oxygen atoms in total. The van der Waals surface area contributed by atoms with Crippen LogP contribution in [-0.4, -0.2) is 47.3 Å². The van der Waals surface area contributed by atoms with Crippen LogP contribution >= 0.6 is 0 Å². The summed E-state index contributed by atoms with van der Waals surface area (Å²) in [6.45, 7) is 3.29. The highest BCUT2D eigenvalue weighted by molar-refractivity contribution is 5.88. The lowest BCUT2D eigenvalue weighted by Gasteiger charge is -2.35. The van der Waals surface area contributed by atoms with Crippen LogP contribution in [0.5, 0.6) is 0 Å². The summed E-state index contributed by atoms with van der Waals surface area (Å²) in [5.41, 5.74) is 6.57. The molecule has 0 spiro atoms. The van der Waals surface area contributed by atoms with Crippen molar-refractivity contribution in [2.75, 3.05) is 19.6 Å². The number of hydrogen-bond donors (Lipinski definition) is 1. The second-order valence-corrected chi connectivity index (χ2v) is 5.60. The van der Waals surface area contributed by atoms with Crippen molar-refractivity contribution < 1.29 is 14.0 Å². The topological polar surface area (TPSA) is 66.6 Å². The molecule has 1 atom stereocenters. The van der Waals surface area contributed by atoms with Crippen LogP contribution in [0, 0.1) is 5.82 Å². The first-order valence-corrected chi connectivity index (χ1v) is 7.58. The summed E-state index contributed by atoms with van der Waals surface area (Å²) in [5.74, 6) is -0.613. The van der Waals surface area contributed by atoms with Gasteiger partial charge in [-0.1, -0.05) is 25.5 Å². The third-order valence-corrected chi connectivity index (χ3v) is 3.81. The maximum Gasteiger partial charge on any atom is 0.242 e. The van der Waals surface area contributed by atoms with E-state index in [-0.39, 0.29) is 24.2 Å². The second-order valence-electron chi connectivity index (χ2n) is 5.60.